The Labute approximate surface area is 263 Å². The van der Waals surface area contributed by atoms with Gasteiger partial charge in [-0.3, -0.25) is 14.5 Å². The van der Waals surface area contributed by atoms with E-state index in [1.54, 1.807) is 0 Å². The second kappa shape index (κ2) is 13.2. The molecule has 45 heavy (non-hydrogen) atoms. The number of nitrogen functional groups attached to an aromatic ring is 1. The summed E-state index contributed by atoms with van der Waals surface area (Å²) in [5.74, 6) is -4.54. The number of nitrogens with one attached hydrogen (secondary N) is 2. The number of carbonyl (C=O) groups is 4. The number of carboxylic acids is 2. The lowest BCUT2D eigenvalue weighted by atomic mass is 10.0. The van der Waals surface area contributed by atoms with Crippen molar-refractivity contribution in [3.8, 4) is 0 Å². The van der Waals surface area contributed by atoms with Crippen LogP contribution >= 0.6 is 23.1 Å². The maximum Gasteiger partial charge on any atom is 0.347 e. The second-order valence-electron chi connectivity index (χ2n) is 10.2. The number of thiazole rings is 1. The molecule has 0 saturated carbocycles. The number of amides is 2. The van der Waals surface area contributed by atoms with E-state index in [9.17, 15) is 28.7 Å². The molecule has 5 rings (SSSR count). The number of halogens is 1. The highest BCUT2D eigenvalue weighted by Crippen LogP contribution is 2.40. The van der Waals surface area contributed by atoms with Gasteiger partial charge in [-0.25, -0.2) is 9.78 Å². The Hall–Kier alpha value is -4.55. The summed E-state index contributed by atoms with van der Waals surface area (Å²) in [6.45, 7) is 2.99. The molecule has 0 aromatic carbocycles. The average Bonchev–Trinajstić information content (AvgIpc) is 3.57. The summed E-state index contributed by atoms with van der Waals surface area (Å²) in [5, 5.41) is 28.5. The molecule has 2 aliphatic rings. The highest BCUT2D eigenvalue weighted by molar-refractivity contribution is 8.00. The number of pyridine rings is 1. The largest absolute Gasteiger partial charge is 0.543 e. The van der Waals surface area contributed by atoms with E-state index in [1.807, 2.05) is 42.2 Å². The van der Waals surface area contributed by atoms with E-state index >= 15 is 0 Å². The first-order chi connectivity index (χ1) is 21.5. The monoisotopic (exact) mass is 660 g/mol. The van der Waals surface area contributed by atoms with E-state index in [-0.39, 0.29) is 23.1 Å². The van der Waals surface area contributed by atoms with Crippen molar-refractivity contribution in [2.24, 2.45) is 5.16 Å². The number of rotatable bonds is 13. The Morgan fingerprint density at radius 1 is 1.38 bits per heavy atom. The molecule has 3 aromatic heterocycles. The molecule has 0 spiro atoms. The Bertz CT molecular complexity index is 1740. The Morgan fingerprint density at radius 2 is 2.16 bits per heavy atom. The zero-order valence-electron chi connectivity index (χ0n) is 24.1. The van der Waals surface area contributed by atoms with Crippen LogP contribution in [0.25, 0.3) is 11.0 Å². The fourth-order valence-electron chi connectivity index (χ4n) is 5.02. The van der Waals surface area contributed by atoms with Gasteiger partial charge in [-0.05, 0) is 33.0 Å². The van der Waals surface area contributed by atoms with Gasteiger partial charge < -0.3 is 40.8 Å². The quantitative estimate of drug-likeness (QED) is 0.0576. The van der Waals surface area contributed by atoms with Crippen LogP contribution < -0.4 is 26.0 Å². The highest BCUT2D eigenvalue weighted by atomic mass is 32.2. The Balaban J connectivity index is 1.36. The van der Waals surface area contributed by atoms with Gasteiger partial charge in [0.2, 0.25) is 16.8 Å². The van der Waals surface area contributed by atoms with Crippen molar-refractivity contribution in [1.82, 2.24) is 25.1 Å². The van der Waals surface area contributed by atoms with Crippen LogP contribution in [0.4, 0.5) is 9.52 Å². The van der Waals surface area contributed by atoms with Crippen molar-refractivity contribution in [2.75, 3.05) is 25.1 Å². The van der Waals surface area contributed by atoms with Crippen molar-refractivity contribution in [2.45, 2.75) is 44.0 Å². The number of hydrogen-bond donors (Lipinski definition) is 4. The molecule has 0 bridgehead atoms. The number of oxime groups is 1. The molecule has 1 fully saturated rings. The molecule has 5 heterocycles. The number of β-lactam (4-membered cyclic amide) rings is 1. The molecule has 2 amide bonds. The van der Waals surface area contributed by atoms with Crippen LogP contribution in [0.1, 0.15) is 19.0 Å². The van der Waals surface area contributed by atoms with Crippen molar-refractivity contribution < 1.29 is 43.2 Å². The summed E-state index contributed by atoms with van der Waals surface area (Å²) in [4.78, 5) is 59.6. The molecule has 3 aromatic rings. The Morgan fingerprint density at radius 3 is 2.82 bits per heavy atom. The molecule has 0 radical (unpaired) electrons. The third kappa shape index (κ3) is 6.34. The molecule has 0 unspecified atom stereocenters. The van der Waals surface area contributed by atoms with Gasteiger partial charge >= 0.3 is 5.97 Å². The lowest BCUT2D eigenvalue weighted by Gasteiger charge is -2.50. The number of anilines is 1. The molecule has 3 atom stereocenters. The average molecular weight is 661 g/mol. The summed E-state index contributed by atoms with van der Waals surface area (Å²) in [5.41, 5.74) is 6.26. The molecule has 2 aliphatic heterocycles. The lowest BCUT2D eigenvalue weighted by Crippen LogP contribution is -2.71. The number of fused-ring (bicyclic) bond motifs is 2. The maximum atomic E-state index is 14.5. The number of nitrogens with two attached hydrogens (primary N) is 1. The number of hydrogen-bond acceptors (Lipinski definition) is 12. The fraction of sp³-hybridized carbons (Fsp3) is 0.370. The number of aliphatic carboxylic acids is 2. The van der Waals surface area contributed by atoms with Crippen LogP contribution in [0.3, 0.4) is 0 Å². The number of carboxylic acid groups (broad SMARTS) is 2. The van der Waals surface area contributed by atoms with E-state index in [2.05, 4.69) is 25.3 Å². The van der Waals surface area contributed by atoms with Gasteiger partial charge in [0.05, 0.1) is 11.7 Å². The lowest BCUT2D eigenvalue weighted by molar-refractivity contribution is -0.663. The zero-order valence-corrected chi connectivity index (χ0v) is 25.7. The third-order valence-corrected chi connectivity index (χ3v) is 9.23. The summed E-state index contributed by atoms with van der Waals surface area (Å²) in [6, 6.07) is 4.59. The number of aromatic nitrogens is 3. The number of thioether (sulfide) groups is 1. The minimum absolute atomic E-state index is 0.183. The highest BCUT2D eigenvalue weighted by Gasteiger charge is 2.53. The number of aryl methyl sites for hydroxylation is 1. The summed E-state index contributed by atoms with van der Waals surface area (Å²) >= 11 is 1.66. The van der Waals surface area contributed by atoms with Crippen LogP contribution in [0.5, 0.6) is 0 Å². The van der Waals surface area contributed by atoms with Crippen molar-refractivity contribution in [1.29, 1.82) is 0 Å². The summed E-state index contributed by atoms with van der Waals surface area (Å²) in [7, 11) is 1.89. The molecule has 0 aliphatic carbocycles. The first kappa shape index (κ1) is 31.9. The smallest absolute Gasteiger partial charge is 0.347 e. The Kier molecular flexibility index (Phi) is 9.35. The summed E-state index contributed by atoms with van der Waals surface area (Å²) in [6.07, 6.45) is 3.24. The second-order valence-corrected chi connectivity index (χ2v) is 12.3. The minimum Gasteiger partial charge on any atom is -0.543 e. The van der Waals surface area contributed by atoms with Gasteiger partial charge in [0.25, 0.3) is 11.8 Å². The SMILES string of the molecule is CNCCCn1ccc2c1ccc[n+]2CC1=C(C(=O)[O-])N2C(=O)[C@@H](NC(=O)/C(=N\O[C@@H](C)C(=O)O)c3nc(N)sc3F)[C@H]2SC1. The fourth-order valence-corrected chi connectivity index (χ4v) is 6.91. The molecule has 1 saturated heterocycles. The predicted octanol–water partition coefficient (Wildman–Crippen LogP) is -0.986. The predicted molar refractivity (Wildman–Crippen MR) is 159 cm³/mol. The van der Waals surface area contributed by atoms with Crippen LogP contribution in [-0.2, 0) is 37.1 Å². The number of carbonyl (C=O) groups excluding carboxylic acids is 3. The van der Waals surface area contributed by atoms with E-state index in [1.165, 1.54) is 11.8 Å². The third-order valence-electron chi connectivity index (χ3n) is 7.22. The molecule has 5 N–H and O–H groups in total. The van der Waals surface area contributed by atoms with Crippen LogP contribution in [-0.4, -0.2) is 85.9 Å². The number of nitrogens with zero attached hydrogens (tertiary/aromatic N) is 5. The van der Waals surface area contributed by atoms with Gasteiger partial charge in [-0.1, -0.05) is 16.5 Å². The van der Waals surface area contributed by atoms with Crippen molar-refractivity contribution in [3.05, 3.63) is 52.7 Å². The van der Waals surface area contributed by atoms with Gasteiger partial charge in [0, 0.05) is 36.2 Å². The molecule has 238 valence electrons. The van der Waals surface area contributed by atoms with Gasteiger partial charge in [0.1, 0.15) is 22.6 Å². The first-order valence-corrected chi connectivity index (χ1v) is 15.6. The topological polar surface area (TPSA) is 208 Å². The van der Waals surface area contributed by atoms with E-state index in [4.69, 9.17) is 15.7 Å². The van der Waals surface area contributed by atoms with Crippen LogP contribution in [0, 0.1) is 5.13 Å². The van der Waals surface area contributed by atoms with Gasteiger partial charge in [-0.2, -0.15) is 8.96 Å². The van der Waals surface area contributed by atoms with Gasteiger partial charge in [0.15, 0.2) is 23.6 Å². The summed E-state index contributed by atoms with van der Waals surface area (Å²) < 4.78 is 18.5. The van der Waals surface area contributed by atoms with Crippen LogP contribution in [0.2, 0.25) is 0 Å². The standard InChI is InChI=1S/C27H29FN8O7S2/c1-13(25(39)40)43-33-18(17-21(28)45-27(29)32-17)22(37)31-19-23(38)36-20(26(41)42)14(12-44-24(19)36)11-35-8-3-5-15-16(35)6-10-34(15)9-4-7-30-2/h3,5-6,8,10,13,19,24,30H,4,7,9,11-12H2,1-2H3,(H4-,29,31,32,37,39,40,41,42)/b33-18-/t13-,19+,24+/m0/s1. The molecule has 15 nitrogen and oxygen atoms in total. The normalized spacial score (nSPS) is 18.9. The zero-order chi connectivity index (χ0) is 32.4. The first-order valence-electron chi connectivity index (χ1n) is 13.7. The van der Waals surface area contributed by atoms with Crippen molar-refractivity contribution >= 4 is 68.7 Å². The van der Waals surface area contributed by atoms with Crippen molar-refractivity contribution in [3.63, 3.8) is 0 Å². The van der Waals surface area contributed by atoms with E-state index in [0.29, 0.717) is 16.9 Å². The van der Waals surface area contributed by atoms with E-state index in [0.717, 1.165) is 42.4 Å². The maximum absolute atomic E-state index is 14.5. The van der Waals surface area contributed by atoms with E-state index < -0.39 is 57.8 Å². The van der Waals surface area contributed by atoms with Gasteiger partial charge in [-0.15, -0.1) is 11.8 Å². The molecular weight excluding hydrogens is 631 g/mol. The molecular formula is C27H29FN8O7S2. The van der Waals surface area contributed by atoms with Crippen LogP contribution in [0.15, 0.2) is 47.0 Å². The molecule has 18 heteroatoms. The minimum atomic E-state index is -1.54.